The molecule has 0 unspecified atom stereocenters. The molecular weight excluding hydrogens is 647 g/mol. The van der Waals surface area contributed by atoms with Crippen molar-refractivity contribution in [3.8, 4) is 62.1 Å². The van der Waals surface area contributed by atoms with E-state index in [0.29, 0.717) is 28.6 Å². The number of hydrogen-bond acceptors (Lipinski definition) is 3. The van der Waals surface area contributed by atoms with Gasteiger partial charge in [-0.3, -0.25) is 0 Å². The minimum Gasteiger partial charge on any atom is -0.309 e. The molecule has 0 aliphatic heterocycles. The minimum atomic E-state index is -0.910. The summed E-state index contributed by atoms with van der Waals surface area (Å²) < 4.78 is 32.2. The third-order valence-electron chi connectivity index (χ3n) is 9.50. The first-order chi connectivity index (χ1) is 25.5. The Balaban J connectivity index is 1.34. The number of hydrogen-bond donors (Lipinski definition) is 0. The maximum absolute atomic E-state index is 15.4. The van der Waals surface area contributed by atoms with Crippen LogP contribution in [0.2, 0.25) is 0 Å². The number of aromatic nitrogens is 4. The first-order valence-corrected chi connectivity index (χ1v) is 17.1. The van der Waals surface area contributed by atoms with Gasteiger partial charge in [0.1, 0.15) is 0 Å². The van der Waals surface area contributed by atoms with Gasteiger partial charge in [-0.15, -0.1) is 0 Å². The van der Waals surface area contributed by atoms with Crippen LogP contribution in [0.3, 0.4) is 0 Å². The summed E-state index contributed by atoms with van der Waals surface area (Å²) in [6, 6.07) is 52.8. The summed E-state index contributed by atoms with van der Waals surface area (Å²) in [6.07, 6.45) is 0. The molecule has 0 atom stereocenters. The molecule has 0 aliphatic carbocycles. The van der Waals surface area contributed by atoms with Gasteiger partial charge < -0.3 is 4.57 Å². The Morgan fingerprint density at radius 3 is 1.73 bits per heavy atom. The number of aryl methyl sites for hydroxylation is 1. The fourth-order valence-electron chi connectivity index (χ4n) is 6.89. The second-order valence-corrected chi connectivity index (χ2v) is 12.8. The van der Waals surface area contributed by atoms with E-state index in [2.05, 4.69) is 66.1 Å². The van der Waals surface area contributed by atoms with Crippen molar-refractivity contribution in [3.05, 3.63) is 181 Å². The van der Waals surface area contributed by atoms with Crippen molar-refractivity contribution in [2.45, 2.75) is 6.92 Å². The van der Waals surface area contributed by atoms with Crippen LogP contribution in [-0.4, -0.2) is 19.5 Å². The molecule has 2 heterocycles. The summed E-state index contributed by atoms with van der Waals surface area (Å²) in [5, 5.41) is 2.17. The highest BCUT2D eigenvalue weighted by Gasteiger charge is 2.21. The van der Waals surface area contributed by atoms with Gasteiger partial charge in [0.15, 0.2) is 29.1 Å². The third-order valence-corrected chi connectivity index (χ3v) is 9.50. The van der Waals surface area contributed by atoms with Gasteiger partial charge in [0.25, 0.3) is 0 Å². The number of para-hydroxylation sites is 1. The number of nitrogens with zero attached hydrogens (tertiary/aromatic N) is 4. The van der Waals surface area contributed by atoms with Crippen LogP contribution >= 0.6 is 0 Å². The zero-order valence-corrected chi connectivity index (χ0v) is 28.1. The summed E-state index contributed by atoms with van der Waals surface area (Å²) in [7, 11) is 0. The Labute approximate surface area is 299 Å². The van der Waals surface area contributed by atoms with Gasteiger partial charge in [-0.05, 0) is 60.0 Å². The number of benzene rings is 7. The molecule has 0 fully saturated rings. The molecule has 2 aromatic heterocycles. The number of halogens is 2. The molecule has 0 N–H and O–H groups in total. The molecule has 0 aliphatic rings. The first kappa shape index (κ1) is 31.2. The highest BCUT2D eigenvalue weighted by Crippen LogP contribution is 2.40. The van der Waals surface area contributed by atoms with Crippen LogP contribution in [0, 0.1) is 18.6 Å². The quantitative estimate of drug-likeness (QED) is 0.176. The Morgan fingerprint density at radius 1 is 0.423 bits per heavy atom. The second kappa shape index (κ2) is 12.8. The topological polar surface area (TPSA) is 43.6 Å². The van der Waals surface area contributed by atoms with Crippen molar-refractivity contribution in [1.29, 1.82) is 0 Å². The molecule has 0 spiro atoms. The average Bonchev–Trinajstić information content (AvgIpc) is 3.53. The van der Waals surface area contributed by atoms with Crippen molar-refractivity contribution < 1.29 is 8.78 Å². The lowest BCUT2D eigenvalue weighted by atomic mass is 10.00. The summed E-state index contributed by atoms with van der Waals surface area (Å²) in [5.41, 5.74) is 9.19. The lowest BCUT2D eigenvalue weighted by molar-refractivity contribution is 0.511. The van der Waals surface area contributed by atoms with Crippen molar-refractivity contribution in [1.82, 2.24) is 19.5 Å². The van der Waals surface area contributed by atoms with E-state index in [1.165, 1.54) is 11.6 Å². The molecule has 9 aromatic rings. The van der Waals surface area contributed by atoms with Crippen LogP contribution in [0.25, 0.3) is 83.9 Å². The Kier molecular flexibility index (Phi) is 7.70. The van der Waals surface area contributed by atoms with E-state index in [9.17, 15) is 4.39 Å². The Bertz CT molecular complexity index is 2700. The lowest BCUT2D eigenvalue weighted by Gasteiger charge is -2.16. The van der Waals surface area contributed by atoms with E-state index in [-0.39, 0.29) is 5.56 Å². The zero-order chi connectivity index (χ0) is 35.2. The van der Waals surface area contributed by atoms with Crippen LogP contribution in [-0.2, 0) is 0 Å². The highest BCUT2D eigenvalue weighted by molar-refractivity contribution is 6.11. The maximum atomic E-state index is 15.4. The van der Waals surface area contributed by atoms with Crippen LogP contribution < -0.4 is 0 Å². The molecule has 6 heteroatoms. The van der Waals surface area contributed by atoms with E-state index in [1.807, 2.05) is 91.0 Å². The molecule has 52 heavy (non-hydrogen) atoms. The molecule has 7 aromatic carbocycles. The van der Waals surface area contributed by atoms with E-state index >= 15 is 4.39 Å². The fraction of sp³-hybridized carbons (Fsp3) is 0.0217. The van der Waals surface area contributed by atoms with Gasteiger partial charge in [-0.2, -0.15) is 0 Å². The van der Waals surface area contributed by atoms with Crippen LogP contribution in [0.1, 0.15) is 5.56 Å². The Hall–Kier alpha value is -6.79. The molecule has 9 rings (SSSR count). The molecular formula is C46H30F2N4. The largest absolute Gasteiger partial charge is 0.309 e. The molecule has 0 saturated heterocycles. The van der Waals surface area contributed by atoms with Crippen LogP contribution in [0.15, 0.2) is 164 Å². The summed E-state index contributed by atoms with van der Waals surface area (Å²) >= 11 is 0. The normalized spacial score (nSPS) is 11.4. The second-order valence-electron chi connectivity index (χ2n) is 12.8. The number of rotatable bonds is 6. The third kappa shape index (κ3) is 5.51. The van der Waals surface area contributed by atoms with E-state index in [4.69, 9.17) is 15.0 Å². The van der Waals surface area contributed by atoms with Gasteiger partial charge >= 0.3 is 0 Å². The highest BCUT2D eigenvalue weighted by atomic mass is 19.2. The van der Waals surface area contributed by atoms with Crippen LogP contribution in [0.5, 0.6) is 0 Å². The fourth-order valence-corrected chi connectivity index (χ4v) is 6.89. The predicted octanol–water partition coefficient (Wildman–Crippen LogP) is 11.9. The lowest BCUT2D eigenvalue weighted by Crippen LogP contribution is -2.04. The van der Waals surface area contributed by atoms with Crippen molar-refractivity contribution >= 4 is 21.8 Å². The van der Waals surface area contributed by atoms with Gasteiger partial charge in [0.2, 0.25) is 0 Å². The van der Waals surface area contributed by atoms with Gasteiger partial charge in [-0.1, -0.05) is 133 Å². The molecule has 0 radical (unpaired) electrons. The number of fused-ring (bicyclic) bond motifs is 3. The van der Waals surface area contributed by atoms with Crippen LogP contribution in [0.4, 0.5) is 8.78 Å². The van der Waals surface area contributed by atoms with E-state index < -0.39 is 11.6 Å². The monoisotopic (exact) mass is 676 g/mol. The minimum absolute atomic E-state index is 0.151. The van der Waals surface area contributed by atoms with Gasteiger partial charge in [0.05, 0.1) is 16.7 Å². The van der Waals surface area contributed by atoms with Gasteiger partial charge in [0, 0.05) is 33.0 Å². The van der Waals surface area contributed by atoms with Crippen molar-refractivity contribution in [3.63, 3.8) is 0 Å². The molecule has 4 nitrogen and oxygen atoms in total. The first-order valence-electron chi connectivity index (χ1n) is 17.1. The smallest absolute Gasteiger partial charge is 0.166 e. The van der Waals surface area contributed by atoms with E-state index in [0.717, 1.165) is 55.8 Å². The zero-order valence-electron chi connectivity index (χ0n) is 28.1. The summed E-state index contributed by atoms with van der Waals surface area (Å²) in [4.78, 5) is 15.0. The van der Waals surface area contributed by atoms with Gasteiger partial charge in [-0.25, -0.2) is 23.7 Å². The standard InChI is InChI=1S/C46H30F2N4/c1-29-19-21-30(22-20-29)33-23-25-41-37(27-33)36-15-8-9-18-40(36)52(41)42-26-24-34(35-16-10-17-39(47)43(35)48)28-38(42)46-50-44(31-11-4-2-5-12-31)49-45(51-46)32-13-6-3-7-14-32/h2-28H,1H3. The average molecular weight is 677 g/mol. The molecule has 248 valence electrons. The van der Waals surface area contributed by atoms with E-state index in [1.54, 1.807) is 6.07 Å². The summed E-state index contributed by atoms with van der Waals surface area (Å²) in [6.45, 7) is 2.09. The SMILES string of the molecule is Cc1ccc(-c2ccc3c(c2)c2ccccc2n3-c2ccc(-c3cccc(F)c3F)cc2-c2nc(-c3ccccc3)nc(-c3ccccc3)n2)cc1. The predicted molar refractivity (Wildman–Crippen MR) is 206 cm³/mol. The molecule has 0 bridgehead atoms. The maximum Gasteiger partial charge on any atom is 0.166 e. The van der Waals surface area contributed by atoms with Crippen molar-refractivity contribution in [2.75, 3.05) is 0 Å². The summed E-state index contributed by atoms with van der Waals surface area (Å²) in [5.74, 6) is -0.408. The molecule has 0 saturated carbocycles. The molecule has 0 amide bonds. The Morgan fingerprint density at radius 2 is 1.02 bits per heavy atom. The van der Waals surface area contributed by atoms with Crippen molar-refractivity contribution in [2.24, 2.45) is 0 Å².